The maximum atomic E-state index is 12.3. The molecule has 0 aliphatic rings. The molecule has 0 aromatic heterocycles. The number of carbonyl (C=O) groups is 1. The Morgan fingerprint density at radius 2 is 2.05 bits per heavy atom. The first-order valence-electron chi connectivity index (χ1n) is 6.67. The molecule has 22 heavy (non-hydrogen) atoms. The van der Waals surface area contributed by atoms with Gasteiger partial charge in [-0.3, -0.25) is 4.79 Å². The fraction of sp³-hybridized carbons (Fsp3) is 0.188. The molecule has 2 aromatic rings. The van der Waals surface area contributed by atoms with Crippen LogP contribution >= 0.6 is 39.1 Å². The second-order valence-corrected chi connectivity index (χ2v) is 6.29. The number of hydrogen-bond donors (Lipinski definition) is 1. The molecule has 3 nitrogen and oxygen atoms in total. The van der Waals surface area contributed by atoms with Gasteiger partial charge in [-0.05, 0) is 58.7 Å². The maximum Gasteiger partial charge on any atom is 0.265 e. The van der Waals surface area contributed by atoms with E-state index in [1.54, 1.807) is 42.5 Å². The van der Waals surface area contributed by atoms with Gasteiger partial charge in [0.15, 0.2) is 6.10 Å². The highest BCUT2D eigenvalue weighted by Gasteiger charge is 2.19. The van der Waals surface area contributed by atoms with E-state index in [4.69, 9.17) is 27.9 Å². The van der Waals surface area contributed by atoms with Gasteiger partial charge in [-0.2, -0.15) is 0 Å². The zero-order valence-electron chi connectivity index (χ0n) is 11.8. The average molecular weight is 403 g/mol. The summed E-state index contributed by atoms with van der Waals surface area (Å²) >= 11 is 15.2. The van der Waals surface area contributed by atoms with Gasteiger partial charge in [-0.25, -0.2) is 0 Å². The van der Waals surface area contributed by atoms with Crippen molar-refractivity contribution in [2.75, 3.05) is 5.32 Å². The van der Waals surface area contributed by atoms with Gasteiger partial charge in [0.2, 0.25) is 0 Å². The van der Waals surface area contributed by atoms with Crippen LogP contribution in [0.3, 0.4) is 0 Å². The second-order valence-electron chi connectivity index (χ2n) is 4.59. The van der Waals surface area contributed by atoms with Crippen LogP contribution in [0.4, 0.5) is 5.69 Å². The van der Waals surface area contributed by atoms with Gasteiger partial charge >= 0.3 is 0 Å². The van der Waals surface area contributed by atoms with Crippen molar-refractivity contribution in [3.8, 4) is 5.75 Å². The first-order valence-corrected chi connectivity index (χ1v) is 8.22. The van der Waals surface area contributed by atoms with Gasteiger partial charge in [0.25, 0.3) is 5.91 Å². The van der Waals surface area contributed by atoms with Crippen molar-refractivity contribution in [2.24, 2.45) is 0 Å². The zero-order chi connectivity index (χ0) is 16.1. The van der Waals surface area contributed by atoms with Crippen molar-refractivity contribution in [3.05, 3.63) is 57.0 Å². The van der Waals surface area contributed by atoms with E-state index in [0.29, 0.717) is 27.9 Å². The van der Waals surface area contributed by atoms with Gasteiger partial charge in [0, 0.05) is 15.2 Å². The van der Waals surface area contributed by atoms with E-state index >= 15 is 0 Å². The average Bonchev–Trinajstić information content (AvgIpc) is 2.48. The monoisotopic (exact) mass is 401 g/mol. The number of amides is 1. The molecule has 2 rings (SSSR count). The molecule has 1 amide bonds. The van der Waals surface area contributed by atoms with E-state index in [-0.39, 0.29) is 5.91 Å². The zero-order valence-corrected chi connectivity index (χ0v) is 14.9. The van der Waals surface area contributed by atoms with Crippen LogP contribution in [0.15, 0.2) is 46.9 Å². The number of benzene rings is 2. The first kappa shape index (κ1) is 17.1. The first-order chi connectivity index (χ1) is 10.5. The van der Waals surface area contributed by atoms with Crippen molar-refractivity contribution in [1.29, 1.82) is 0 Å². The summed E-state index contributed by atoms with van der Waals surface area (Å²) in [6.45, 7) is 1.88. The van der Waals surface area contributed by atoms with E-state index < -0.39 is 6.10 Å². The van der Waals surface area contributed by atoms with Crippen molar-refractivity contribution < 1.29 is 9.53 Å². The molecule has 0 bridgehead atoms. The number of anilines is 1. The van der Waals surface area contributed by atoms with Crippen LogP contribution in [0.25, 0.3) is 0 Å². The SMILES string of the molecule is CC[C@H](Oc1cccc(Cl)c1)C(=O)Nc1ccc(Br)c(Cl)c1. The Bertz CT molecular complexity index is 679. The van der Waals surface area contributed by atoms with Gasteiger partial charge in [0.05, 0.1) is 5.02 Å². The highest BCUT2D eigenvalue weighted by molar-refractivity contribution is 9.10. The topological polar surface area (TPSA) is 38.3 Å². The normalized spacial score (nSPS) is 11.8. The summed E-state index contributed by atoms with van der Waals surface area (Å²) in [7, 11) is 0. The summed E-state index contributed by atoms with van der Waals surface area (Å²) in [6.07, 6.45) is -0.0799. The largest absolute Gasteiger partial charge is 0.481 e. The quantitative estimate of drug-likeness (QED) is 0.711. The molecular weight excluding hydrogens is 389 g/mol. The summed E-state index contributed by atoms with van der Waals surface area (Å²) in [5.41, 5.74) is 0.617. The lowest BCUT2D eigenvalue weighted by Crippen LogP contribution is -2.32. The lowest BCUT2D eigenvalue weighted by atomic mass is 10.2. The summed E-state index contributed by atoms with van der Waals surface area (Å²) in [6, 6.07) is 12.2. The Balaban J connectivity index is 2.06. The minimum absolute atomic E-state index is 0.235. The molecule has 0 spiro atoms. The maximum absolute atomic E-state index is 12.3. The molecule has 0 radical (unpaired) electrons. The predicted molar refractivity (Wildman–Crippen MR) is 93.9 cm³/mol. The smallest absolute Gasteiger partial charge is 0.265 e. The lowest BCUT2D eigenvalue weighted by molar-refractivity contribution is -0.122. The summed E-state index contributed by atoms with van der Waals surface area (Å²) < 4.78 is 6.47. The lowest BCUT2D eigenvalue weighted by Gasteiger charge is -2.17. The van der Waals surface area contributed by atoms with Crippen LogP contribution in [0, 0.1) is 0 Å². The van der Waals surface area contributed by atoms with Gasteiger partial charge in [-0.1, -0.05) is 36.2 Å². The third-order valence-electron chi connectivity index (χ3n) is 2.92. The third kappa shape index (κ3) is 4.63. The Morgan fingerprint density at radius 1 is 1.27 bits per heavy atom. The Morgan fingerprint density at radius 3 is 2.68 bits per heavy atom. The molecule has 6 heteroatoms. The minimum atomic E-state index is -0.610. The van der Waals surface area contributed by atoms with E-state index in [0.717, 1.165) is 4.47 Å². The molecule has 0 aliphatic carbocycles. The summed E-state index contributed by atoms with van der Waals surface area (Å²) in [5.74, 6) is 0.323. The number of nitrogens with one attached hydrogen (secondary N) is 1. The number of carbonyl (C=O) groups excluding carboxylic acids is 1. The van der Waals surface area contributed by atoms with Crippen molar-refractivity contribution in [2.45, 2.75) is 19.4 Å². The molecule has 2 aromatic carbocycles. The van der Waals surface area contributed by atoms with E-state index in [9.17, 15) is 4.79 Å². The summed E-state index contributed by atoms with van der Waals surface area (Å²) in [5, 5.41) is 3.89. The van der Waals surface area contributed by atoms with Gasteiger partial charge in [0.1, 0.15) is 5.75 Å². The number of hydrogen-bond acceptors (Lipinski definition) is 2. The highest BCUT2D eigenvalue weighted by Crippen LogP contribution is 2.26. The standard InChI is InChI=1S/C16H14BrCl2NO2/c1-2-15(22-12-5-3-4-10(18)8-12)16(21)20-11-6-7-13(17)14(19)9-11/h3-9,15H,2H2,1H3,(H,20,21)/t15-/m0/s1. The van der Waals surface area contributed by atoms with Crippen molar-refractivity contribution in [3.63, 3.8) is 0 Å². The molecule has 116 valence electrons. The van der Waals surface area contributed by atoms with Gasteiger partial charge in [-0.15, -0.1) is 0 Å². The highest BCUT2D eigenvalue weighted by atomic mass is 79.9. The number of rotatable bonds is 5. The third-order valence-corrected chi connectivity index (χ3v) is 4.39. The second kappa shape index (κ2) is 7.86. The van der Waals surface area contributed by atoms with Crippen LogP contribution < -0.4 is 10.1 Å². The molecule has 0 unspecified atom stereocenters. The Labute approximate surface area is 147 Å². The van der Waals surface area contributed by atoms with Crippen molar-refractivity contribution in [1.82, 2.24) is 0 Å². The fourth-order valence-electron chi connectivity index (χ4n) is 1.82. The molecule has 1 atom stereocenters. The Hall–Kier alpha value is -1.23. The van der Waals surface area contributed by atoms with Crippen LogP contribution in [0.2, 0.25) is 10.0 Å². The van der Waals surface area contributed by atoms with E-state index in [1.165, 1.54) is 0 Å². The molecule has 0 saturated heterocycles. The van der Waals surface area contributed by atoms with Crippen LogP contribution in [-0.2, 0) is 4.79 Å². The molecule has 0 saturated carbocycles. The van der Waals surface area contributed by atoms with Crippen LogP contribution in [0.5, 0.6) is 5.75 Å². The fourth-order valence-corrected chi connectivity index (χ4v) is 2.43. The number of halogens is 3. The molecule has 0 aliphatic heterocycles. The van der Waals surface area contributed by atoms with E-state index in [2.05, 4.69) is 21.2 Å². The predicted octanol–water partition coefficient (Wildman–Crippen LogP) is 5.55. The molecule has 0 heterocycles. The van der Waals surface area contributed by atoms with Gasteiger partial charge < -0.3 is 10.1 Å². The van der Waals surface area contributed by atoms with Crippen LogP contribution in [0.1, 0.15) is 13.3 Å². The summed E-state index contributed by atoms with van der Waals surface area (Å²) in [4.78, 5) is 12.3. The number of ether oxygens (including phenoxy) is 1. The molecule has 0 fully saturated rings. The van der Waals surface area contributed by atoms with Crippen molar-refractivity contribution >= 4 is 50.7 Å². The molecular formula is C16H14BrCl2NO2. The Kier molecular flexibility index (Phi) is 6.12. The van der Waals surface area contributed by atoms with Crippen LogP contribution in [-0.4, -0.2) is 12.0 Å². The van der Waals surface area contributed by atoms with E-state index in [1.807, 2.05) is 6.92 Å². The minimum Gasteiger partial charge on any atom is -0.481 e. The molecule has 1 N–H and O–H groups in total.